The first-order valence-corrected chi connectivity index (χ1v) is 7.88. The van der Waals surface area contributed by atoms with E-state index >= 15 is 0 Å². The third-order valence-corrected chi connectivity index (χ3v) is 4.00. The number of nitrogens with zero attached hydrogens (tertiary/aromatic N) is 1. The number of H-pyrrole nitrogens is 1. The number of aromatic amines is 1. The molecule has 1 unspecified atom stereocenters. The van der Waals surface area contributed by atoms with Gasteiger partial charge in [0.25, 0.3) is 5.91 Å². The molecular weight excluding hydrogens is 324 g/mol. The molecule has 24 heavy (non-hydrogen) atoms. The average molecular weight is 341 g/mol. The molecule has 4 N–H and O–H groups in total. The van der Waals surface area contributed by atoms with E-state index in [4.69, 9.17) is 17.3 Å². The maximum Gasteiger partial charge on any atom is 0.257 e. The van der Waals surface area contributed by atoms with Crippen LogP contribution >= 0.6 is 11.6 Å². The summed E-state index contributed by atoms with van der Waals surface area (Å²) in [6, 6.07) is 14.3. The van der Waals surface area contributed by atoms with Crippen molar-refractivity contribution in [3.8, 4) is 0 Å². The molecule has 5 nitrogen and oxygen atoms in total. The smallest absolute Gasteiger partial charge is 0.257 e. The number of halogens is 1. The number of hydrogen-bond donors (Lipinski definition) is 3. The Morgan fingerprint density at radius 1 is 1.21 bits per heavy atom. The van der Waals surface area contributed by atoms with Crippen molar-refractivity contribution in [3.63, 3.8) is 0 Å². The first kappa shape index (κ1) is 16.1. The van der Waals surface area contributed by atoms with Gasteiger partial charge in [0.1, 0.15) is 0 Å². The Bertz CT molecular complexity index is 899. The molecule has 0 bridgehead atoms. The van der Waals surface area contributed by atoms with Gasteiger partial charge in [0.2, 0.25) is 0 Å². The molecule has 1 amide bonds. The van der Waals surface area contributed by atoms with Crippen LogP contribution < -0.4 is 11.1 Å². The Balaban J connectivity index is 1.75. The fraction of sp³-hybridized carbons (Fsp3) is 0.111. The number of fused-ring (bicyclic) bond motifs is 1. The topological polar surface area (TPSA) is 83.3 Å². The molecule has 1 aromatic heterocycles. The van der Waals surface area contributed by atoms with Gasteiger partial charge in [-0.25, -0.2) is 4.99 Å². The van der Waals surface area contributed by atoms with Gasteiger partial charge in [-0.05, 0) is 37.3 Å². The molecule has 0 aliphatic carbocycles. The SMILES string of the molecule is CC(N=C(N)NC(=O)c1ccc(Cl)cc1)c1c[nH]c2ccccc12. The van der Waals surface area contributed by atoms with Crippen LogP contribution in [-0.4, -0.2) is 16.9 Å². The Hall–Kier alpha value is -2.79. The van der Waals surface area contributed by atoms with Gasteiger partial charge in [0.15, 0.2) is 5.96 Å². The third-order valence-electron chi connectivity index (χ3n) is 3.75. The monoisotopic (exact) mass is 340 g/mol. The number of aromatic nitrogens is 1. The first-order chi connectivity index (χ1) is 11.5. The quantitative estimate of drug-likeness (QED) is 0.502. The molecule has 1 heterocycles. The minimum atomic E-state index is -0.320. The molecule has 1 atom stereocenters. The lowest BCUT2D eigenvalue weighted by molar-refractivity contribution is 0.0976. The fourth-order valence-electron chi connectivity index (χ4n) is 2.54. The molecule has 2 aromatic carbocycles. The molecule has 0 aliphatic heterocycles. The van der Waals surface area contributed by atoms with Crippen molar-refractivity contribution < 1.29 is 4.79 Å². The van der Waals surface area contributed by atoms with E-state index in [-0.39, 0.29) is 17.9 Å². The van der Waals surface area contributed by atoms with Crippen molar-refractivity contribution in [2.75, 3.05) is 0 Å². The Morgan fingerprint density at radius 3 is 2.67 bits per heavy atom. The van der Waals surface area contributed by atoms with Crippen LogP contribution in [0.3, 0.4) is 0 Å². The van der Waals surface area contributed by atoms with Gasteiger partial charge in [-0.3, -0.25) is 10.1 Å². The molecule has 0 spiro atoms. The minimum Gasteiger partial charge on any atom is -0.370 e. The van der Waals surface area contributed by atoms with Crippen LogP contribution in [0.2, 0.25) is 5.02 Å². The zero-order valence-electron chi connectivity index (χ0n) is 13.1. The summed E-state index contributed by atoms with van der Waals surface area (Å²) in [5.41, 5.74) is 8.41. The molecule has 0 radical (unpaired) electrons. The zero-order chi connectivity index (χ0) is 17.1. The predicted octanol–water partition coefficient (Wildman–Crippen LogP) is 3.63. The number of nitrogens with one attached hydrogen (secondary N) is 2. The highest BCUT2D eigenvalue weighted by Gasteiger charge is 2.12. The minimum absolute atomic E-state index is 0.0766. The summed E-state index contributed by atoms with van der Waals surface area (Å²) in [5, 5.41) is 4.25. The molecule has 0 aliphatic rings. The normalized spacial score (nSPS) is 13.0. The summed E-state index contributed by atoms with van der Waals surface area (Å²) in [7, 11) is 0. The van der Waals surface area contributed by atoms with Gasteiger partial charge >= 0.3 is 0 Å². The zero-order valence-corrected chi connectivity index (χ0v) is 13.8. The van der Waals surface area contributed by atoms with Crippen LogP contribution in [-0.2, 0) is 0 Å². The van der Waals surface area contributed by atoms with Crippen LogP contribution in [0.4, 0.5) is 0 Å². The van der Waals surface area contributed by atoms with E-state index in [1.807, 2.05) is 37.4 Å². The average Bonchev–Trinajstić information content (AvgIpc) is 2.99. The van der Waals surface area contributed by atoms with Crippen LogP contribution in [0.15, 0.2) is 59.7 Å². The van der Waals surface area contributed by atoms with Crippen molar-refractivity contribution in [2.24, 2.45) is 10.7 Å². The number of para-hydroxylation sites is 1. The van der Waals surface area contributed by atoms with E-state index in [9.17, 15) is 4.79 Å². The third kappa shape index (κ3) is 3.41. The summed E-state index contributed by atoms with van der Waals surface area (Å²) in [4.78, 5) is 19.7. The highest BCUT2D eigenvalue weighted by molar-refractivity contribution is 6.30. The lowest BCUT2D eigenvalue weighted by Gasteiger charge is -2.09. The summed E-state index contributed by atoms with van der Waals surface area (Å²) in [6.07, 6.45) is 1.91. The van der Waals surface area contributed by atoms with Gasteiger partial charge in [0, 0.05) is 33.2 Å². The van der Waals surface area contributed by atoms with Gasteiger partial charge in [-0.2, -0.15) is 0 Å². The number of hydrogen-bond acceptors (Lipinski definition) is 2. The van der Waals surface area contributed by atoms with Gasteiger partial charge in [0.05, 0.1) is 6.04 Å². The summed E-state index contributed by atoms with van der Waals surface area (Å²) >= 11 is 5.81. The lowest BCUT2D eigenvalue weighted by atomic mass is 10.1. The highest BCUT2D eigenvalue weighted by atomic mass is 35.5. The highest BCUT2D eigenvalue weighted by Crippen LogP contribution is 2.25. The molecule has 0 saturated heterocycles. The largest absolute Gasteiger partial charge is 0.370 e. The van der Waals surface area contributed by atoms with E-state index in [1.165, 1.54) is 0 Å². The van der Waals surface area contributed by atoms with Gasteiger partial charge < -0.3 is 10.7 Å². The maximum atomic E-state index is 12.1. The predicted molar refractivity (Wildman–Crippen MR) is 97.3 cm³/mol. The molecule has 0 fully saturated rings. The maximum absolute atomic E-state index is 12.1. The van der Waals surface area contributed by atoms with Crippen molar-refractivity contribution in [1.29, 1.82) is 0 Å². The molecule has 122 valence electrons. The van der Waals surface area contributed by atoms with Crippen LogP contribution in [0.5, 0.6) is 0 Å². The number of carbonyl (C=O) groups is 1. The van der Waals surface area contributed by atoms with E-state index in [1.54, 1.807) is 24.3 Å². The first-order valence-electron chi connectivity index (χ1n) is 7.51. The fourth-order valence-corrected chi connectivity index (χ4v) is 2.67. The number of nitrogens with two attached hydrogens (primary N) is 1. The lowest BCUT2D eigenvalue weighted by Crippen LogP contribution is -2.37. The molecule has 6 heteroatoms. The number of amides is 1. The van der Waals surface area contributed by atoms with Gasteiger partial charge in [-0.15, -0.1) is 0 Å². The van der Waals surface area contributed by atoms with Crippen molar-refractivity contribution in [3.05, 3.63) is 70.9 Å². The van der Waals surface area contributed by atoms with Crippen molar-refractivity contribution in [1.82, 2.24) is 10.3 Å². The van der Waals surface area contributed by atoms with E-state index in [2.05, 4.69) is 15.3 Å². The van der Waals surface area contributed by atoms with E-state index in [0.717, 1.165) is 16.5 Å². The van der Waals surface area contributed by atoms with Gasteiger partial charge in [-0.1, -0.05) is 29.8 Å². The number of carbonyl (C=O) groups excluding carboxylic acids is 1. The Kier molecular flexibility index (Phi) is 4.53. The summed E-state index contributed by atoms with van der Waals surface area (Å²) in [6.45, 7) is 1.93. The standard InChI is InChI=1S/C18H17ClN4O/c1-11(15-10-21-16-5-3-2-4-14(15)16)22-18(20)23-17(24)12-6-8-13(19)9-7-12/h2-11,21H,1H3,(H3,20,22,23,24). The molecule has 3 aromatic rings. The van der Waals surface area contributed by atoms with Crippen LogP contribution in [0.1, 0.15) is 28.9 Å². The van der Waals surface area contributed by atoms with Crippen LogP contribution in [0.25, 0.3) is 10.9 Å². The second-order valence-corrected chi connectivity index (χ2v) is 5.88. The van der Waals surface area contributed by atoms with E-state index in [0.29, 0.717) is 10.6 Å². The van der Waals surface area contributed by atoms with Crippen molar-refractivity contribution in [2.45, 2.75) is 13.0 Å². The number of guanidine groups is 1. The van der Waals surface area contributed by atoms with Crippen LogP contribution in [0, 0.1) is 0 Å². The molecule has 3 rings (SSSR count). The number of rotatable bonds is 3. The second-order valence-electron chi connectivity index (χ2n) is 5.44. The Morgan fingerprint density at radius 2 is 1.92 bits per heavy atom. The molecular formula is C18H17ClN4O. The summed E-state index contributed by atoms with van der Waals surface area (Å²) < 4.78 is 0. The molecule has 0 saturated carbocycles. The van der Waals surface area contributed by atoms with E-state index < -0.39 is 0 Å². The summed E-state index contributed by atoms with van der Waals surface area (Å²) in [5.74, 6) is -0.244. The van der Waals surface area contributed by atoms with Crippen molar-refractivity contribution >= 4 is 34.4 Å². The number of aliphatic imine (C=N–C) groups is 1. The Labute approximate surface area is 144 Å². The number of benzene rings is 2. The second kappa shape index (κ2) is 6.76.